The topological polar surface area (TPSA) is 68.2 Å². The molecule has 0 radical (unpaired) electrons. The number of aliphatic hydroxyl groups is 2. The molecule has 5 heteroatoms. The van der Waals surface area contributed by atoms with E-state index in [0.717, 1.165) is 19.4 Å². The fraction of sp³-hybridized carbons (Fsp3) is 1.00. The molecule has 124 valence electrons. The first-order chi connectivity index (χ1) is 9.29. The van der Waals surface area contributed by atoms with E-state index >= 15 is 0 Å². The van der Waals surface area contributed by atoms with Gasteiger partial charge in [0.25, 0.3) is 0 Å². The summed E-state index contributed by atoms with van der Waals surface area (Å²) in [6, 6.07) is 0. The SMILES string of the molecule is CCCCOC(C)OCC(C)O.COC(C)(C)CCO. The Bertz CT molecular complexity index is 195. The third kappa shape index (κ3) is 17.8. The number of ether oxygens (including phenoxy) is 3. The van der Waals surface area contributed by atoms with Crippen molar-refractivity contribution in [1.82, 2.24) is 0 Å². The summed E-state index contributed by atoms with van der Waals surface area (Å²) >= 11 is 0. The van der Waals surface area contributed by atoms with Crippen LogP contribution in [0.1, 0.15) is 53.9 Å². The van der Waals surface area contributed by atoms with E-state index in [0.29, 0.717) is 13.0 Å². The van der Waals surface area contributed by atoms with Gasteiger partial charge < -0.3 is 24.4 Å². The summed E-state index contributed by atoms with van der Waals surface area (Å²) in [5.41, 5.74) is -0.158. The second-order valence-corrected chi connectivity index (χ2v) is 5.41. The molecule has 0 rings (SSSR count). The zero-order valence-electron chi connectivity index (χ0n) is 14.0. The van der Waals surface area contributed by atoms with Crippen LogP contribution in [0.3, 0.4) is 0 Å². The molecule has 0 aliphatic carbocycles. The molecule has 0 aromatic carbocycles. The highest BCUT2D eigenvalue weighted by molar-refractivity contribution is 4.65. The van der Waals surface area contributed by atoms with Gasteiger partial charge in [0.1, 0.15) is 0 Å². The number of unbranched alkanes of at least 4 members (excludes halogenated alkanes) is 1. The van der Waals surface area contributed by atoms with Gasteiger partial charge in [0.05, 0.1) is 18.3 Å². The maximum Gasteiger partial charge on any atom is 0.154 e. The minimum absolute atomic E-state index is 0.158. The summed E-state index contributed by atoms with van der Waals surface area (Å²) in [7, 11) is 1.65. The van der Waals surface area contributed by atoms with Crippen molar-refractivity contribution in [3.63, 3.8) is 0 Å². The van der Waals surface area contributed by atoms with Crippen LogP contribution in [0.5, 0.6) is 0 Å². The summed E-state index contributed by atoms with van der Waals surface area (Å²) in [6.45, 7) is 10.8. The summed E-state index contributed by atoms with van der Waals surface area (Å²) < 4.78 is 15.5. The number of methoxy groups -OCH3 is 1. The highest BCUT2D eigenvalue weighted by Gasteiger charge is 2.13. The minimum Gasteiger partial charge on any atom is -0.396 e. The molecule has 2 unspecified atom stereocenters. The Kier molecular flexibility index (Phi) is 15.2. The van der Waals surface area contributed by atoms with Gasteiger partial charge in [0, 0.05) is 20.3 Å². The van der Waals surface area contributed by atoms with Gasteiger partial charge in [-0.15, -0.1) is 0 Å². The highest BCUT2D eigenvalue weighted by atomic mass is 16.7. The van der Waals surface area contributed by atoms with Gasteiger partial charge >= 0.3 is 0 Å². The first kappa shape index (κ1) is 22.1. The Labute approximate surface area is 124 Å². The first-order valence-corrected chi connectivity index (χ1v) is 7.36. The van der Waals surface area contributed by atoms with Crippen LogP contribution in [0.2, 0.25) is 0 Å². The quantitative estimate of drug-likeness (QED) is 0.478. The monoisotopic (exact) mass is 294 g/mol. The van der Waals surface area contributed by atoms with E-state index < -0.39 is 6.10 Å². The van der Waals surface area contributed by atoms with Crippen molar-refractivity contribution in [2.45, 2.75) is 71.9 Å². The smallest absolute Gasteiger partial charge is 0.154 e. The normalized spacial score (nSPS) is 14.4. The van der Waals surface area contributed by atoms with Gasteiger partial charge in [-0.2, -0.15) is 0 Å². The van der Waals surface area contributed by atoms with E-state index in [1.807, 2.05) is 20.8 Å². The molecule has 2 atom stereocenters. The van der Waals surface area contributed by atoms with E-state index in [1.165, 1.54) is 0 Å². The molecule has 0 saturated carbocycles. The predicted octanol–water partition coefficient (Wildman–Crippen LogP) is 2.34. The van der Waals surface area contributed by atoms with Crippen molar-refractivity contribution < 1.29 is 24.4 Å². The van der Waals surface area contributed by atoms with Crippen LogP contribution in [-0.2, 0) is 14.2 Å². The molecule has 0 spiro atoms. The lowest BCUT2D eigenvalue weighted by molar-refractivity contribution is -0.145. The third-order valence-corrected chi connectivity index (χ3v) is 2.69. The maximum absolute atomic E-state index is 8.89. The fourth-order valence-electron chi connectivity index (χ4n) is 1.09. The van der Waals surface area contributed by atoms with Crippen molar-refractivity contribution in [2.75, 3.05) is 26.9 Å². The second kappa shape index (κ2) is 13.8. The van der Waals surface area contributed by atoms with Crippen LogP contribution >= 0.6 is 0 Å². The summed E-state index contributed by atoms with van der Waals surface area (Å²) in [6.07, 6.45) is 2.27. The molecule has 0 aliphatic heterocycles. The number of hydrogen-bond donors (Lipinski definition) is 2. The number of aliphatic hydroxyl groups excluding tert-OH is 2. The Morgan fingerprint density at radius 2 is 1.75 bits per heavy atom. The Hall–Kier alpha value is -0.200. The molecule has 0 saturated heterocycles. The van der Waals surface area contributed by atoms with Gasteiger partial charge in [0.15, 0.2) is 6.29 Å². The lowest BCUT2D eigenvalue weighted by Crippen LogP contribution is -2.23. The van der Waals surface area contributed by atoms with Gasteiger partial charge in [-0.1, -0.05) is 13.3 Å². The molecular formula is C15H34O5. The van der Waals surface area contributed by atoms with E-state index in [1.54, 1.807) is 14.0 Å². The average Bonchev–Trinajstić information content (AvgIpc) is 2.37. The Morgan fingerprint density at radius 1 is 1.15 bits per heavy atom. The highest BCUT2D eigenvalue weighted by Crippen LogP contribution is 2.10. The van der Waals surface area contributed by atoms with E-state index in [-0.39, 0.29) is 18.5 Å². The van der Waals surface area contributed by atoms with Gasteiger partial charge in [-0.25, -0.2) is 0 Å². The van der Waals surface area contributed by atoms with Gasteiger partial charge in [-0.3, -0.25) is 0 Å². The third-order valence-electron chi connectivity index (χ3n) is 2.69. The van der Waals surface area contributed by atoms with Crippen LogP contribution in [0.25, 0.3) is 0 Å². The Balaban J connectivity index is 0. The standard InChI is InChI=1S/C9H20O3.C6H14O2/c1-4-5-6-11-9(3)12-7-8(2)10;1-6(2,8-3)4-5-7/h8-10H,4-7H2,1-3H3;7H,4-5H2,1-3H3. The largest absolute Gasteiger partial charge is 0.396 e. The zero-order chi connectivity index (χ0) is 16.0. The van der Waals surface area contributed by atoms with Gasteiger partial charge in [0.2, 0.25) is 0 Å². The summed E-state index contributed by atoms with van der Waals surface area (Å²) in [5, 5.41) is 17.3. The van der Waals surface area contributed by atoms with Crippen molar-refractivity contribution in [2.24, 2.45) is 0 Å². The lowest BCUT2D eigenvalue weighted by Gasteiger charge is -2.20. The van der Waals surface area contributed by atoms with Crippen molar-refractivity contribution in [1.29, 1.82) is 0 Å². The van der Waals surface area contributed by atoms with Crippen LogP contribution in [-0.4, -0.2) is 55.1 Å². The molecule has 0 bridgehead atoms. The fourth-order valence-corrected chi connectivity index (χ4v) is 1.09. The minimum atomic E-state index is -0.415. The molecule has 5 nitrogen and oxygen atoms in total. The van der Waals surface area contributed by atoms with E-state index in [2.05, 4.69) is 6.92 Å². The molecule has 0 aliphatic rings. The number of rotatable bonds is 10. The van der Waals surface area contributed by atoms with Crippen molar-refractivity contribution in [3.8, 4) is 0 Å². The number of hydrogen-bond acceptors (Lipinski definition) is 5. The molecular weight excluding hydrogens is 260 g/mol. The van der Waals surface area contributed by atoms with Crippen molar-refractivity contribution in [3.05, 3.63) is 0 Å². The van der Waals surface area contributed by atoms with Crippen LogP contribution < -0.4 is 0 Å². The van der Waals surface area contributed by atoms with E-state index in [4.69, 9.17) is 24.4 Å². The predicted molar refractivity (Wildman–Crippen MR) is 80.7 cm³/mol. The zero-order valence-corrected chi connectivity index (χ0v) is 14.0. The van der Waals surface area contributed by atoms with Gasteiger partial charge in [-0.05, 0) is 40.5 Å². The van der Waals surface area contributed by atoms with Crippen molar-refractivity contribution >= 4 is 0 Å². The molecule has 2 N–H and O–H groups in total. The lowest BCUT2D eigenvalue weighted by atomic mass is 10.1. The van der Waals surface area contributed by atoms with Crippen LogP contribution in [0, 0.1) is 0 Å². The van der Waals surface area contributed by atoms with Crippen LogP contribution in [0.4, 0.5) is 0 Å². The van der Waals surface area contributed by atoms with E-state index in [9.17, 15) is 0 Å². The maximum atomic E-state index is 8.89. The molecule has 0 amide bonds. The summed E-state index contributed by atoms with van der Waals surface area (Å²) in [5.74, 6) is 0. The molecule has 0 fully saturated rings. The second-order valence-electron chi connectivity index (χ2n) is 5.41. The molecule has 0 aromatic heterocycles. The summed E-state index contributed by atoms with van der Waals surface area (Å²) in [4.78, 5) is 0. The molecule has 0 heterocycles. The molecule has 0 aromatic rings. The van der Waals surface area contributed by atoms with Crippen LogP contribution in [0.15, 0.2) is 0 Å². The Morgan fingerprint density at radius 3 is 2.10 bits per heavy atom. The average molecular weight is 294 g/mol. The first-order valence-electron chi connectivity index (χ1n) is 7.36. The molecule has 20 heavy (non-hydrogen) atoms.